The molecule has 0 unspecified atom stereocenters. The van der Waals surface area contributed by atoms with Crippen LogP contribution in [0.2, 0.25) is 0 Å². The minimum Gasteiger partial charge on any atom is -0.497 e. The molecule has 0 heterocycles. The van der Waals surface area contributed by atoms with Crippen LogP contribution in [0, 0.1) is 34.5 Å². The maximum atomic E-state index is 12.9. The SMILES string of the molecule is COc1cc(CCC[C@]23CC[C@@H]4[C@@H](CCC5=CC(=O)CC[C@]54C)[C@@H]2CC[C@@H]3C(C)=O)cc(OC)c1. The van der Waals surface area contributed by atoms with Crippen molar-refractivity contribution in [1.82, 2.24) is 0 Å². The predicted molar refractivity (Wildman–Crippen MR) is 138 cm³/mol. The molecule has 0 bridgehead atoms. The average Bonchev–Trinajstić information content (AvgIpc) is 3.24. The number of ketones is 2. The maximum Gasteiger partial charge on any atom is 0.155 e. The van der Waals surface area contributed by atoms with Crippen molar-refractivity contribution in [3.8, 4) is 11.5 Å². The van der Waals surface area contributed by atoms with Crippen LogP contribution in [0.1, 0.15) is 83.6 Å². The molecule has 0 saturated heterocycles. The van der Waals surface area contributed by atoms with Crippen molar-refractivity contribution in [2.75, 3.05) is 14.2 Å². The van der Waals surface area contributed by atoms with E-state index in [4.69, 9.17) is 9.47 Å². The maximum absolute atomic E-state index is 12.9. The Morgan fingerprint density at radius 3 is 2.40 bits per heavy atom. The van der Waals surface area contributed by atoms with Gasteiger partial charge in [0.15, 0.2) is 5.78 Å². The van der Waals surface area contributed by atoms with Gasteiger partial charge in [0.05, 0.1) is 14.2 Å². The lowest BCUT2D eigenvalue weighted by Crippen LogP contribution is -2.52. The van der Waals surface area contributed by atoms with E-state index in [1.807, 2.05) is 19.1 Å². The second-order valence-corrected chi connectivity index (χ2v) is 12.1. The lowest BCUT2D eigenvalue weighted by molar-refractivity contribution is -0.130. The molecule has 4 nitrogen and oxygen atoms in total. The van der Waals surface area contributed by atoms with Crippen LogP contribution in [0.4, 0.5) is 0 Å². The molecule has 190 valence electrons. The van der Waals surface area contributed by atoms with Gasteiger partial charge in [-0.1, -0.05) is 12.5 Å². The molecule has 3 saturated carbocycles. The van der Waals surface area contributed by atoms with E-state index >= 15 is 0 Å². The van der Waals surface area contributed by atoms with Crippen molar-refractivity contribution in [2.24, 2.45) is 34.5 Å². The van der Waals surface area contributed by atoms with Crippen molar-refractivity contribution in [3.05, 3.63) is 35.4 Å². The average molecular weight is 479 g/mol. The van der Waals surface area contributed by atoms with Crippen LogP contribution in [0.5, 0.6) is 11.5 Å². The summed E-state index contributed by atoms with van der Waals surface area (Å²) >= 11 is 0. The summed E-state index contributed by atoms with van der Waals surface area (Å²) in [6.45, 7) is 4.28. The van der Waals surface area contributed by atoms with Gasteiger partial charge in [-0.05, 0) is 123 Å². The highest BCUT2D eigenvalue weighted by Crippen LogP contribution is 2.68. The number of methoxy groups -OCH3 is 2. The van der Waals surface area contributed by atoms with E-state index in [0.29, 0.717) is 35.7 Å². The van der Waals surface area contributed by atoms with Crippen LogP contribution in [-0.2, 0) is 16.0 Å². The fraction of sp³-hybridized carbons (Fsp3) is 0.677. The van der Waals surface area contributed by atoms with Gasteiger partial charge in [0, 0.05) is 18.4 Å². The zero-order chi connectivity index (χ0) is 24.8. The van der Waals surface area contributed by atoms with E-state index in [0.717, 1.165) is 50.0 Å². The largest absolute Gasteiger partial charge is 0.497 e. The van der Waals surface area contributed by atoms with E-state index in [2.05, 4.69) is 19.1 Å². The molecular weight excluding hydrogens is 436 g/mol. The van der Waals surface area contributed by atoms with Crippen LogP contribution in [-0.4, -0.2) is 25.8 Å². The third-order valence-corrected chi connectivity index (χ3v) is 10.7. The number of allylic oxidation sites excluding steroid dienone is 1. The molecule has 35 heavy (non-hydrogen) atoms. The molecule has 6 atom stereocenters. The van der Waals surface area contributed by atoms with E-state index < -0.39 is 0 Å². The Balaban J connectivity index is 1.38. The van der Waals surface area contributed by atoms with E-state index in [1.165, 1.54) is 36.8 Å². The van der Waals surface area contributed by atoms with Crippen LogP contribution in [0.3, 0.4) is 0 Å². The van der Waals surface area contributed by atoms with Gasteiger partial charge in [0.25, 0.3) is 0 Å². The van der Waals surface area contributed by atoms with Crippen LogP contribution in [0.15, 0.2) is 29.8 Å². The van der Waals surface area contributed by atoms with E-state index in [9.17, 15) is 9.59 Å². The molecule has 4 heteroatoms. The van der Waals surface area contributed by atoms with Gasteiger partial charge in [-0.15, -0.1) is 0 Å². The Labute approximate surface area is 210 Å². The molecule has 4 aliphatic rings. The van der Waals surface area contributed by atoms with E-state index in [-0.39, 0.29) is 16.7 Å². The smallest absolute Gasteiger partial charge is 0.155 e. The minimum absolute atomic E-state index is 0.151. The number of hydrogen-bond donors (Lipinski definition) is 0. The van der Waals surface area contributed by atoms with Gasteiger partial charge >= 0.3 is 0 Å². The second kappa shape index (κ2) is 9.41. The van der Waals surface area contributed by atoms with Gasteiger partial charge in [-0.2, -0.15) is 0 Å². The summed E-state index contributed by atoms with van der Waals surface area (Å²) in [4.78, 5) is 25.1. The summed E-state index contributed by atoms with van der Waals surface area (Å²) in [6.07, 6.45) is 13.8. The summed E-state index contributed by atoms with van der Waals surface area (Å²) in [7, 11) is 3.40. The molecular formula is C31H42O4. The lowest BCUT2D eigenvalue weighted by atomic mass is 9.45. The highest BCUT2D eigenvalue weighted by molar-refractivity contribution is 5.91. The molecule has 0 N–H and O–H groups in total. The molecule has 3 fully saturated rings. The van der Waals surface area contributed by atoms with Crippen molar-refractivity contribution >= 4 is 11.6 Å². The normalized spacial score (nSPS) is 36.0. The second-order valence-electron chi connectivity index (χ2n) is 12.1. The molecule has 0 aromatic heterocycles. The number of carbonyl (C=O) groups is 2. The van der Waals surface area contributed by atoms with Crippen LogP contribution in [0.25, 0.3) is 0 Å². The van der Waals surface area contributed by atoms with E-state index in [1.54, 1.807) is 14.2 Å². The lowest BCUT2D eigenvalue weighted by Gasteiger charge is -2.59. The highest BCUT2D eigenvalue weighted by atomic mass is 16.5. The third kappa shape index (κ3) is 4.15. The van der Waals surface area contributed by atoms with Crippen molar-refractivity contribution < 1.29 is 19.1 Å². The summed E-state index contributed by atoms with van der Waals surface area (Å²) < 4.78 is 11.0. The number of hydrogen-bond acceptors (Lipinski definition) is 4. The topological polar surface area (TPSA) is 52.6 Å². The Bertz CT molecular complexity index is 1000. The standard InChI is InChI=1S/C31H42O4/c1-20(32)27-9-10-29-26-8-7-22-18-23(33)11-14-30(22,2)28(26)12-15-31(27,29)13-5-6-21-16-24(34-3)19-25(17-21)35-4/h16-19,26-29H,5-15H2,1-4H3/t26-,27-,28-,29+,30-,31-/m1/s1. The number of benzene rings is 1. The van der Waals surface area contributed by atoms with Gasteiger partial charge in [0.1, 0.15) is 17.3 Å². The summed E-state index contributed by atoms with van der Waals surface area (Å²) in [6, 6.07) is 6.16. The zero-order valence-electron chi connectivity index (χ0n) is 22.0. The third-order valence-electron chi connectivity index (χ3n) is 10.7. The van der Waals surface area contributed by atoms with Crippen molar-refractivity contribution in [2.45, 2.75) is 84.5 Å². The van der Waals surface area contributed by atoms with Gasteiger partial charge in [-0.25, -0.2) is 0 Å². The number of ether oxygens (including phenoxy) is 2. The molecule has 0 radical (unpaired) electrons. The van der Waals surface area contributed by atoms with Crippen molar-refractivity contribution in [3.63, 3.8) is 0 Å². The Morgan fingerprint density at radius 1 is 0.971 bits per heavy atom. The highest BCUT2D eigenvalue weighted by Gasteiger charge is 2.61. The molecule has 0 spiro atoms. The number of aryl methyl sites for hydroxylation is 1. The fourth-order valence-electron chi connectivity index (χ4n) is 9.10. The predicted octanol–water partition coefficient (Wildman–Crippen LogP) is 6.74. The molecule has 1 aromatic carbocycles. The fourth-order valence-corrected chi connectivity index (χ4v) is 9.10. The Hall–Kier alpha value is -2.10. The first-order valence-corrected chi connectivity index (χ1v) is 13.8. The first-order chi connectivity index (χ1) is 16.8. The first kappa shape index (κ1) is 24.6. The molecule has 1 aromatic rings. The van der Waals surface area contributed by atoms with Crippen LogP contribution < -0.4 is 9.47 Å². The van der Waals surface area contributed by atoms with Gasteiger partial charge < -0.3 is 9.47 Å². The van der Waals surface area contributed by atoms with Gasteiger partial charge in [-0.3, -0.25) is 9.59 Å². The monoisotopic (exact) mass is 478 g/mol. The zero-order valence-corrected chi connectivity index (χ0v) is 22.0. The Kier molecular flexibility index (Phi) is 6.61. The minimum atomic E-state index is 0.151. The van der Waals surface area contributed by atoms with Gasteiger partial charge in [0.2, 0.25) is 0 Å². The Morgan fingerprint density at radius 2 is 1.71 bits per heavy atom. The summed E-state index contributed by atoms with van der Waals surface area (Å²) in [5.74, 6) is 4.62. The summed E-state index contributed by atoms with van der Waals surface area (Å²) in [5.41, 5.74) is 3.01. The number of rotatable bonds is 7. The number of fused-ring (bicyclic) bond motifs is 5. The van der Waals surface area contributed by atoms with Crippen molar-refractivity contribution in [1.29, 1.82) is 0 Å². The molecule has 5 rings (SSSR count). The molecule has 0 amide bonds. The quantitative estimate of drug-likeness (QED) is 0.435. The number of Topliss-reactive ketones (excluding diaryl/α,β-unsaturated/α-hetero) is 1. The molecule has 0 aliphatic heterocycles. The number of carbonyl (C=O) groups excluding carboxylic acids is 2. The van der Waals surface area contributed by atoms with Crippen LogP contribution >= 0.6 is 0 Å². The first-order valence-electron chi connectivity index (χ1n) is 13.8. The summed E-state index contributed by atoms with van der Waals surface area (Å²) in [5, 5.41) is 0. The molecule has 4 aliphatic carbocycles.